The van der Waals surface area contributed by atoms with Gasteiger partial charge in [0.1, 0.15) is 0 Å². The number of ether oxygens (including phenoxy) is 1. The van der Waals surface area contributed by atoms with Crippen LogP contribution >= 0.6 is 0 Å². The van der Waals surface area contributed by atoms with Gasteiger partial charge in [0, 0.05) is 5.69 Å². The van der Waals surface area contributed by atoms with E-state index in [2.05, 4.69) is 9.97 Å². The van der Waals surface area contributed by atoms with Crippen LogP contribution in [0.4, 0.5) is 0 Å². The van der Waals surface area contributed by atoms with Crippen molar-refractivity contribution in [2.24, 2.45) is 0 Å². The summed E-state index contributed by atoms with van der Waals surface area (Å²) in [5.74, 6) is 0.296. The lowest BCUT2D eigenvalue weighted by molar-refractivity contribution is 0.400. The van der Waals surface area contributed by atoms with Crippen molar-refractivity contribution < 1.29 is 4.74 Å². The highest BCUT2D eigenvalue weighted by atomic mass is 16.5. The Kier molecular flexibility index (Phi) is 2.95. The van der Waals surface area contributed by atoms with Crippen molar-refractivity contribution in [2.75, 3.05) is 7.11 Å². The van der Waals surface area contributed by atoms with E-state index in [9.17, 15) is 4.79 Å². The van der Waals surface area contributed by atoms with Crippen molar-refractivity contribution in [3.63, 3.8) is 0 Å². The van der Waals surface area contributed by atoms with Crippen molar-refractivity contribution in [1.29, 1.82) is 0 Å². The Bertz CT molecular complexity index is 826. The van der Waals surface area contributed by atoms with Crippen LogP contribution in [0.25, 0.3) is 16.7 Å². The van der Waals surface area contributed by atoms with E-state index in [1.54, 1.807) is 0 Å². The second-order valence-corrected chi connectivity index (χ2v) is 4.40. The highest BCUT2D eigenvalue weighted by molar-refractivity contribution is 5.81. The van der Waals surface area contributed by atoms with Gasteiger partial charge in [-0.15, -0.1) is 0 Å². The maximum absolute atomic E-state index is 12.3. The Morgan fingerprint density at radius 2 is 1.80 bits per heavy atom. The number of aryl methyl sites for hydroxylation is 1. The summed E-state index contributed by atoms with van der Waals surface area (Å²) < 4.78 is 6.67. The van der Waals surface area contributed by atoms with Crippen molar-refractivity contribution in [3.8, 4) is 11.6 Å². The molecule has 0 atom stereocenters. The third-order valence-electron chi connectivity index (χ3n) is 3.05. The summed E-state index contributed by atoms with van der Waals surface area (Å²) in [6, 6.07) is 13.1. The minimum absolute atomic E-state index is 0.296. The second-order valence-electron chi connectivity index (χ2n) is 4.40. The van der Waals surface area contributed by atoms with Gasteiger partial charge in [-0.25, -0.2) is 14.3 Å². The van der Waals surface area contributed by atoms with Crippen LogP contribution in [0.15, 0.2) is 47.3 Å². The summed E-state index contributed by atoms with van der Waals surface area (Å²) in [5, 5.41) is 0.710. The average molecular weight is 267 g/mol. The van der Waals surface area contributed by atoms with Gasteiger partial charge in [0.25, 0.3) is 0 Å². The summed E-state index contributed by atoms with van der Waals surface area (Å²) >= 11 is 0. The number of hydrogen-bond acceptors (Lipinski definition) is 4. The van der Waals surface area contributed by atoms with E-state index >= 15 is 0 Å². The van der Waals surface area contributed by atoms with Gasteiger partial charge in [-0.3, -0.25) is 0 Å². The first-order chi connectivity index (χ1) is 9.70. The first kappa shape index (κ1) is 12.3. The Labute approximate surface area is 115 Å². The lowest BCUT2D eigenvalue weighted by Crippen LogP contribution is -2.23. The van der Waals surface area contributed by atoms with Gasteiger partial charge in [0.15, 0.2) is 5.65 Å². The number of rotatable bonds is 2. The van der Waals surface area contributed by atoms with Gasteiger partial charge in [-0.05, 0) is 31.2 Å². The van der Waals surface area contributed by atoms with Gasteiger partial charge in [-0.1, -0.05) is 18.2 Å². The summed E-state index contributed by atoms with van der Waals surface area (Å²) in [6.07, 6.45) is 0. The molecule has 0 aliphatic rings. The van der Waals surface area contributed by atoms with Crippen molar-refractivity contribution in [1.82, 2.24) is 14.5 Å². The summed E-state index contributed by atoms with van der Waals surface area (Å²) in [5.41, 5.74) is 1.71. The molecule has 3 aromatic rings. The van der Waals surface area contributed by atoms with E-state index in [4.69, 9.17) is 4.74 Å². The third-order valence-corrected chi connectivity index (χ3v) is 3.05. The number of benzene rings is 1. The van der Waals surface area contributed by atoms with Crippen molar-refractivity contribution >= 4 is 11.0 Å². The average Bonchev–Trinajstić information content (AvgIpc) is 2.47. The SMILES string of the molecule is COc1nc(=O)n(-c2ccccc2)c2nc(C)ccc12. The summed E-state index contributed by atoms with van der Waals surface area (Å²) in [7, 11) is 1.49. The Morgan fingerprint density at radius 3 is 2.50 bits per heavy atom. The molecular formula is C15H13N3O2. The standard InChI is InChI=1S/C15H13N3O2/c1-10-8-9-12-13(16-10)18(11-6-4-3-5-7-11)15(19)17-14(12)20-2/h3-9H,1-2H3. The molecule has 0 aliphatic heterocycles. The fraction of sp³-hybridized carbons (Fsp3) is 0.133. The molecule has 0 radical (unpaired) electrons. The molecule has 0 unspecified atom stereocenters. The van der Waals surface area contributed by atoms with E-state index in [0.717, 1.165) is 11.4 Å². The predicted molar refractivity (Wildman–Crippen MR) is 76.4 cm³/mol. The first-order valence-electron chi connectivity index (χ1n) is 6.20. The zero-order valence-corrected chi connectivity index (χ0v) is 11.2. The van der Waals surface area contributed by atoms with Gasteiger partial charge in [0.05, 0.1) is 18.2 Å². The van der Waals surface area contributed by atoms with Crippen LogP contribution in [0.3, 0.4) is 0 Å². The Hall–Kier alpha value is -2.69. The van der Waals surface area contributed by atoms with Crippen molar-refractivity contribution in [3.05, 3.63) is 58.6 Å². The number of nitrogens with zero attached hydrogens (tertiary/aromatic N) is 3. The lowest BCUT2D eigenvalue weighted by atomic mass is 10.2. The molecular weight excluding hydrogens is 254 g/mol. The molecule has 20 heavy (non-hydrogen) atoms. The third kappa shape index (κ3) is 1.93. The van der Waals surface area contributed by atoms with Crippen LogP contribution in [0.5, 0.6) is 5.88 Å². The quantitative estimate of drug-likeness (QED) is 0.713. The van der Waals surface area contributed by atoms with Crippen LogP contribution in [0.1, 0.15) is 5.69 Å². The second kappa shape index (κ2) is 4.77. The Morgan fingerprint density at radius 1 is 1.05 bits per heavy atom. The molecule has 100 valence electrons. The van der Waals surface area contributed by atoms with Crippen LogP contribution < -0.4 is 10.4 Å². The molecule has 0 saturated carbocycles. The smallest absolute Gasteiger partial charge is 0.357 e. The highest BCUT2D eigenvalue weighted by Crippen LogP contribution is 2.22. The zero-order valence-electron chi connectivity index (χ0n) is 11.2. The minimum Gasteiger partial charge on any atom is -0.480 e. The molecule has 0 N–H and O–H groups in total. The molecule has 1 aromatic carbocycles. The highest BCUT2D eigenvalue weighted by Gasteiger charge is 2.13. The maximum atomic E-state index is 12.3. The molecule has 0 aliphatic carbocycles. The molecule has 0 amide bonds. The normalized spacial score (nSPS) is 10.7. The first-order valence-corrected chi connectivity index (χ1v) is 6.20. The molecule has 5 heteroatoms. The number of aromatic nitrogens is 3. The molecule has 0 bridgehead atoms. The van der Waals surface area contributed by atoms with Crippen LogP contribution in [-0.2, 0) is 0 Å². The van der Waals surface area contributed by atoms with Gasteiger partial charge < -0.3 is 4.74 Å². The van der Waals surface area contributed by atoms with E-state index in [-0.39, 0.29) is 0 Å². The van der Waals surface area contributed by atoms with Gasteiger partial charge in [0.2, 0.25) is 5.88 Å². The Balaban J connectivity index is 2.46. The van der Waals surface area contributed by atoms with E-state index in [0.29, 0.717) is 16.9 Å². The monoisotopic (exact) mass is 267 g/mol. The van der Waals surface area contributed by atoms with Crippen molar-refractivity contribution in [2.45, 2.75) is 6.92 Å². The van der Waals surface area contributed by atoms with E-state index < -0.39 is 5.69 Å². The number of pyridine rings is 1. The molecule has 0 saturated heterocycles. The van der Waals surface area contributed by atoms with Crippen LogP contribution in [0, 0.1) is 6.92 Å². The number of hydrogen-bond donors (Lipinski definition) is 0. The lowest BCUT2D eigenvalue weighted by Gasteiger charge is -2.11. The molecule has 3 rings (SSSR count). The van der Waals surface area contributed by atoms with E-state index in [1.165, 1.54) is 11.7 Å². The van der Waals surface area contributed by atoms with Gasteiger partial charge in [-0.2, -0.15) is 4.98 Å². The summed E-state index contributed by atoms with van der Waals surface area (Å²) in [4.78, 5) is 20.7. The summed E-state index contributed by atoms with van der Waals surface area (Å²) in [6.45, 7) is 1.88. The largest absolute Gasteiger partial charge is 0.480 e. The molecule has 5 nitrogen and oxygen atoms in total. The zero-order chi connectivity index (χ0) is 14.1. The topological polar surface area (TPSA) is 57.0 Å². The van der Waals surface area contributed by atoms with Crippen LogP contribution in [-0.4, -0.2) is 21.6 Å². The van der Waals surface area contributed by atoms with E-state index in [1.807, 2.05) is 49.4 Å². The fourth-order valence-corrected chi connectivity index (χ4v) is 2.13. The number of methoxy groups -OCH3 is 1. The predicted octanol–water partition coefficient (Wildman–Crippen LogP) is 2.10. The molecule has 2 heterocycles. The molecule has 0 spiro atoms. The molecule has 2 aromatic heterocycles. The van der Waals surface area contributed by atoms with Crippen LogP contribution in [0.2, 0.25) is 0 Å². The fourth-order valence-electron chi connectivity index (χ4n) is 2.13. The minimum atomic E-state index is -0.404. The number of fused-ring (bicyclic) bond motifs is 1. The molecule has 0 fully saturated rings. The number of para-hydroxylation sites is 1. The maximum Gasteiger partial charge on any atom is 0.357 e. The van der Waals surface area contributed by atoms with Gasteiger partial charge >= 0.3 is 5.69 Å².